The van der Waals surface area contributed by atoms with Gasteiger partial charge >= 0.3 is 0 Å². The summed E-state index contributed by atoms with van der Waals surface area (Å²) < 4.78 is 0. The van der Waals surface area contributed by atoms with Gasteiger partial charge in [0.05, 0.1) is 0 Å². The lowest BCUT2D eigenvalue weighted by Gasteiger charge is -2.41. The van der Waals surface area contributed by atoms with Crippen molar-refractivity contribution in [1.82, 2.24) is 0 Å². The summed E-state index contributed by atoms with van der Waals surface area (Å²) in [6.45, 7) is 3.07. The standard InChI is InChI=1S/C17H25N3/c1-2-13-5-3-6-15(11-13)20-16(18)19-12-17(9-4-10-17)14-7-8-14/h3,5-6,11,14H,2,4,7-10,12H2,1H3,(H3,18,19,20). The fraction of sp³-hybridized carbons (Fsp3) is 0.588. The van der Waals surface area contributed by atoms with Crippen LogP contribution in [0.4, 0.5) is 5.69 Å². The van der Waals surface area contributed by atoms with Gasteiger partial charge in [-0.3, -0.25) is 4.99 Å². The number of hydrogen-bond donors (Lipinski definition) is 2. The normalized spacial score (nSPS) is 21.4. The average molecular weight is 271 g/mol. The average Bonchev–Trinajstić information content (AvgIpc) is 3.22. The molecule has 0 saturated heterocycles. The number of nitrogens with zero attached hydrogens (tertiary/aromatic N) is 1. The molecule has 1 aromatic rings. The largest absolute Gasteiger partial charge is 0.370 e. The van der Waals surface area contributed by atoms with Crippen LogP contribution in [0.5, 0.6) is 0 Å². The highest BCUT2D eigenvalue weighted by Gasteiger charge is 2.48. The maximum atomic E-state index is 6.04. The number of aliphatic imine (C=N–C) groups is 1. The Morgan fingerprint density at radius 2 is 2.20 bits per heavy atom. The van der Waals surface area contributed by atoms with Crippen LogP contribution in [0, 0.1) is 11.3 Å². The first kappa shape index (κ1) is 13.5. The van der Waals surface area contributed by atoms with Crippen molar-refractivity contribution in [3.05, 3.63) is 29.8 Å². The Bertz CT molecular complexity index is 499. The number of benzene rings is 1. The van der Waals surface area contributed by atoms with Crippen LogP contribution in [-0.4, -0.2) is 12.5 Å². The molecular weight excluding hydrogens is 246 g/mol. The number of guanidine groups is 1. The number of nitrogens with two attached hydrogens (primary N) is 1. The number of anilines is 1. The molecule has 0 amide bonds. The predicted octanol–water partition coefficient (Wildman–Crippen LogP) is 3.56. The molecule has 2 saturated carbocycles. The molecule has 0 bridgehead atoms. The monoisotopic (exact) mass is 271 g/mol. The Kier molecular flexibility index (Phi) is 3.68. The minimum atomic E-state index is 0.498. The zero-order valence-corrected chi connectivity index (χ0v) is 12.4. The quantitative estimate of drug-likeness (QED) is 0.635. The Labute approximate surface area is 121 Å². The summed E-state index contributed by atoms with van der Waals surface area (Å²) in [6, 6.07) is 8.38. The van der Waals surface area contributed by atoms with E-state index < -0.39 is 0 Å². The van der Waals surface area contributed by atoms with Gasteiger partial charge in [0, 0.05) is 12.2 Å². The summed E-state index contributed by atoms with van der Waals surface area (Å²) in [6.07, 6.45) is 7.91. The van der Waals surface area contributed by atoms with Crippen molar-refractivity contribution in [3.63, 3.8) is 0 Å². The molecule has 108 valence electrons. The van der Waals surface area contributed by atoms with E-state index >= 15 is 0 Å². The fourth-order valence-corrected chi connectivity index (χ4v) is 3.32. The van der Waals surface area contributed by atoms with E-state index in [4.69, 9.17) is 5.73 Å². The van der Waals surface area contributed by atoms with Gasteiger partial charge in [-0.1, -0.05) is 25.5 Å². The summed E-state index contributed by atoms with van der Waals surface area (Å²) in [5.74, 6) is 1.49. The van der Waals surface area contributed by atoms with Crippen molar-refractivity contribution in [2.24, 2.45) is 22.1 Å². The molecule has 3 rings (SSSR count). The Hall–Kier alpha value is -1.51. The van der Waals surface area contributed by atoms with Crippen LogP contribution in [0.1, 0.15) is 44.6 Å². The van der Waals surface area contributed by atoms with Gasteiger partial charge in [-0.25, -0.2) is 0 Å². The lowest BCUT2D eigenvalue weighted by atomic mass is 9.65. The van der Waals surface area contributed by atoms with Crippen molar-refractivity contribution in [2.75, 3.05) is 11.9 Å². The maximum Gasteiger partial charge on any atom is 0.193 e. The van der Waals surface area contributed by atoms with Gasteiger partial charge in [-0.15, -0.1) is 0 Å². The molecule has 0 unspecified atom stereocenters. The van der Waals surface area contributed by atoms with E-state index in [0.29, 0.717) is 11.4 Å². The van der Waals surface area contributed by atoms with E-state index in [0.717, 1.165) is 24.6 Å². The van der Waals surface area contributed by atoms with Crippen LogP contribution in [0.3, 0.4) is 0 Å². The van der Waals surface area contributed by atoms with E-state index in [9.17, 15) is 0 Å². The van der Waals surface area contributed by atoms with Crippen LogP contribution in [0.25, 0.3) is 0 Å². The molecule has 0 aliphatic heterocycles. The number of hydrogen-bond acceptors (Lipinski definition) is 1. The van der Waals surface area contributed by atoms with Crippen LogP contribution >= 0.6 is 0 Å². The molecule has 2 fully saturated rings. The fourth-order valence-electron chi connectivity index (χ4n) is 3.32. The molecule has 0 aromatic heterocycles. The lowest BCUT2D eigenvalue weighted by Crippen LogP contribution is -2.36. The van der Waals surface area contributed by atoms with Gasteiger partial charge in [0.15, 0.2) is 5.96 Å². The SMILES string of the molecule is CCc1cccc(NC(N)=NCC2(C3CC3)CCC2)c1. The molecular formula is C17H25N3. The summed E-state index contributed by atoms with van der Waals surface area (Å²) in [7, 11) is 0. The number of aryl methyl sites for hydroxylation is 1. The van der Waals surface area contributed by atoms with Crippen molar-refractivity contribution in [2.45, 2.75) is 45.4 Å². The zero-order chi connectivity index (χ0) is 14.0. The molecule has 1 aromatic carbocycles. The molecule has 0 radical (unpaired) electrons. The number of rotatable bonds is 5. The second kappa shape index (κ2) is 5.47. The van der Waals surface area contributed by atoms with Gasteiger partial charge in [-0.05, 0) is 61.1 Å². The van der Waals surface area contributed by atoms with Crippen molar-refractivity contribution in [1.29, 1.82) is 0 Å². The Morgan fingerprint density at radius 3 is 2.80 bits per heavy atom. The highest BCUT2D eigenvalue weighted by atomic mass is 15.1. The maximum absolute atomic E-state index is 6.04. The van der Waals surface area contributed by atoms with Gasteiger partial charge in [0.25, 0.3) is 0 Å². The van der Waals surface area contributed by atoms with Gasteiger partial charge in [0.2, 0.25) is 0 Å². The second-order valence-electron chi connectivity index (χ2n) is 6.37. The smallest absolute Gasteiger partial charge is 0.193 e. The van der Waals surface area contributed by atoms with Crippen LogP contribution in [0.15, 0.2) is 29.3 Å². The summed E-state index contributed by atoms with van der Waals surface area (Å²) >= 11 is 0. The highest BCUT2D eigenvalue weighted by molar-refractivity contribution is 5.92. The lowest BCUT2D eigenvalue weighted by molar-refractivity contribution is 0.113. The summed E-state index contributed by atoms with van der Waals surface area (Å²) in [5, 5.41) is 3.22. The highest BCUT2D eigenvalue weighted by Crippen LogP contribution is 2.57. The van der Waals surface area contributed by atoms with Crippen LogP contribution in [-0.2, 0) is 6.42 Å². The molecule has 0 heterocycles. The molecule has 2 aliphatic rings. The van der Waals surface area contributed by atoms with Crippen molar-refractivity contribution < 1.29 is 0 Å². The minimum Gasteiger partial charge on any atom is -0.370 e. The molecule has 3 nitrogen and oxygen atoms in total. The van der Waals surface area contributed by atoms with Crippen molar-refractivity contribution >= 4 is 11.6 Å². The summed E-state index contributed by atoms with van der Waals surface area (Å²) in [4.78, 5) is 4.61. The predicted molar refractivity (Wildman–Crippen MR) is 84.9 cm³/mol. The Balaban J connectivity index is 1.60. The van der Waals surface area contributed by atoms with Crippen molar-refractivity contribution in [3.8, 4) is 0 Å². The van der Waals surface area contributed by atoms with E-state index in [1.54, 1.807) is 0 Å². The first-order valence-corrected chi connectivity index (χ1v) is 7.88. The van der Waals surface area contributed by atoms with Crippen LogP contribution in [0.2, 0.25) is 0 Å². The molecule has 0 atom stereocenters. The minimum absolute atomic E-state index is 0.498. The molecule has 3 N–H and O–H groups in total. The zero-order valence-electron chi connectivity index (χ0n) is 12.4. The van der Waals surface area contributed by atoms with Crippen LogP contribution < -0.4 is 11.1 Å². The van der Waals surface area contributed by atoms with E-state index in [-0.39, 0.29) is 0 Å². The molecule has 0 spiro atoms. The third-order valence-electron chi connectivity index (χ3n) is 4.96. The third-order valence-corrected chi connectivity index (χ3v) is 4.96. The second-order valence-corrected chi connectivity index (χ2v) is 6.37. The number of nitrogens with one attached hydrogen (secondary N) is 1. The third kappa shape index (κ3) is 2.82. The van der Waals surface area contributed by atoms with E-state index in [1.165, 1.54) is 37.7 Å². The molecule has 20 heavy (non-hydrogen) atoms. The Morgan fingerprint density at radius 1 is 1.40 bits per heavy atom. The van der Waals surface area contributed by atoms with E-state index in [1.807, 2.05) is 6.07 Å². The molecule has 3 heteroatoms. The molecule has 2 aliphatic carbocycles. The van der Waals surface area contributed by atoms with E-state index in [2.05, 4.69) is 35.4 Å². The first-order chi connectivity index (χ1) is 9.72. The van der Waals surface area contributed by atoms with Gasteiger partial charge < -0.3 is 11.1 Å². The summed E-state index contributed by atoms with van der Waals surface area (Å²) in [5.41, 5.74) is 8.90. The first-order valence-electron chi connectivity index (χ1n) is 7.88. The topological polar surface area (TPSA) is 50.4 Å². The van der Waals surface area contributed by atoms with Gasteiger partial charge in [0.1, 0.15) is 0 Å². The van der Waals surface area contributed by atoms with Gasteiger partial charge in [-0.2, -0.15) is 0 Å².